The highest BCUT2D eigenvalue weighted by Crippen LogP contribution is 2.11. The molecule has 4 heteroatoms. The van der Waals surface area contributed by atoms with Crippen LogP contribution >= 0.6 is 0 Å². The molecule has 0 aliphatic carbocycles. The summed E-state index contributed by atoms with van der Waals surface area (Å²) in [7, 11) is 0. The SMILES string of the molecule is CC(=O)CCCCCCCCCCCNC(=O)OC(C)(C)C. The number of hydrogen-bond donors (Lipinski definition) is 1. The number of carbonyl (C=O) groups is 2. The summed E-state index contributed by atoms with van der Waals surface area (Å²) in [5, 5.41) is 2.78. The van der Waals surface area contributed by atoms with Crippen molar-refractivity contribution in [2.24, 2.45) is 0 Å². The van der Waals surface area contributed by atoms with Gasteiger partial charge < -0.3 is 14.8 Å². The minimum absolute atomic E-state index is 0.306. The molecule has 0 heterocycles. The van der Waals surface area contributed by atoms with Gasteiger partial charge in [-0.25, -0.2) is 4.79 Å². The van der Waals surface area contributed by atoms with E-state index < -0.39 is 5.60 Å². The second kappa shape index (κ2) is 12.5. The quantitative estimate of drug-likeness (QED) is 0.516. The van der Waals surface area contributed by atoms with Crippen molar-refractivity contribution in [3.63, 3.8) is 0 Å². The van der Waals surface area contributed by atoms with Crippen molar-refractivity contribution in [2.45, 2.75) is 97.5 Å². The molecule has 0 aromatic heterocycles. The standard InChI is InChI=1S/C18H35NO3/c1-16(20)14-12-10-8-6-5-7-9-11-13-15-19-17(21)22-18(2,3)4/h5-15H2,1-4H3,(H,19,21). The first-order valence-electron chi connectivity index (χ1n) is 8.77. The summed E-state index contributed by atoms with van der Waals surface area (Å²) in [5.41, 5.74) is -0.422. The van der Waals surface area contributed by atoms with Gasteiger partial charge in [0.05, 0.1) is 0 Å². The molecule has 0 rings (SSSR count). The molecule has 1 N–H and O–H groups in total. The third-order valence-electron chi connectivity index (χ3n) is 3.37. The highest BCUT2D eigenvalue weighted by atomic mass is 16.6. The summed E-state index contributed by atoms with van der Waals surface area (Å²) >= 11 is 0. The zero-order chi connectivity index (χ0) is 16.8. The summed E-state index contributed by atoms with van der Waals surface area (Å²) in [6, 6.07) is 0. The summed E-state index contributed by atoms with van der Waals surface area (Å²) in [5.74, 6) is 0.306. The largest absolute Gasteiger partial charge is 0.444 e. The Hall–Kier alpha value is -1.06. The number of amides is 1. The number of carbonyl (C=O) groups excluding carboxylic acids is 2. The fourth-order valence-corrected chi connectivity index (χ4v) is 2.24. The molecule has 0 aliphatic rings. The molecule has 22 heavy (non-hydrogen) atoms. The zero-order valence-electron chi connectivity index (χ0n) is 15.0. The van der Waals surface area contributed by atoms with E-state index in [9.17, 15) is 9.59 Å². The van der Waals surface area contributed by atoms with E-state index in [-0.39, 0.29) is 6.09 Å². The smallest absolute Gasteiger partial charge is 0.407 e. The van der Waals surface area contributed by atoms with Crippen molar-refractivity contribution in [1.82, 2.24) is 5.32 Å². The fraction of sp³-hybridized carbons (Fsp3) is 0.889. The predicted octanol–water partition coefficient (Wildman–Crippen LogP) is 5.00. The van der Waals surface area contributed by atoms with Gasteiger partial charge in [0, 0.05) is 13.0 Å². The molecule has 4 nitrogen and oxygen atoms in total. The van der Waals surface area contributed by atoms with Crippen LogP contribution in [0.4, 0.5) is 4.79 Å². The molecule has 0 spiro atoms. The van der Waals surface area contributed by atoms with Crippen molar-refractivity contribution in [1.29, 1.82) is 0 Å². The van der Waals surface area contributed by atoms with Crippen molar-refractivity contribution < 1.29 is 14.3 Å². The average Bonchev–Trinajstić information content (AvgIpc) is 2.37. The van der Waals surface area contributed by atoms with Crippen LogP contribution < -0.4 is 5.32 Å². The number of nitrogens with one attached hydrogen (secondary N) is 1. The van der Waals surface area contributed by atoms with Crippen LogP contribution in [0, 0.1) is 0 Å². The van der Waals surface area contributed by atoms with Gasteiger partial charge >= 0.3 is 6.09 Å². The van der Waals surface area contributed by atoms with E-state index in [2.05, 4.69) is 5.32 Å². The fourth-order valence-electron chi connectivity index (χ4n) is 2.24. The maximum absolute atomic E-state index is 11.4. The van der Waals surface area contributed by atoms with Gasteiger partial charge in [-0.1, -0.05) is 44.9 Å². The molecule has 0 saturated heterocycles. The number of ether oxygens (including phenoxy) is 1. The number of unbranched alkanes of at least 4 members (excludes halogenated alkanes) is 8. The van der Waals surface area contributed by atoms with Gasteiger partial charge in [0.2, 0.25) is 0 Å². The van der Waals surface area contributed by atoms with Crippen molar-refractivity contribution in [3.8, 4) is 0 Å². The van der Waals surface area contributed by atoms with E-state index in [4.69, 9.17) is 4.74 Å². The first kappa shape index (κ1) is 20.9. The molecule has 0 radical (unpaired) electrons. The van der Waals surface area contributed by atoms with Crippen LogP contribution in [0.3, 0.4) is 0 Å². The Morgan fingerprint density at radius 1 is 0.818 bits per heavy atom. The van der Waals surface area contributed by atoms with Crippen molar-refractivity contribution in [2.75, 3.05) is 6.54 Å². The first-order valence-corrected chi connectivity index (χ1v) is 8.77. The van der Waals surface area contributed by atoms with Gasteiger partial charge in [0.15, 0.2) is 0 Å². The summed E-state index contributed by atoms with van der Waals surface area (Å²) in [4.78, 5) is 22.2. The lowest BCUT2D eigenvalue weighted by molar-refractivity contribution is -0.117. The van der Waals surface area contributed by atoms with Gasteiger partial charge in [-0.3, -0.25) is 0 Å². The topological polar surface area (TPSA) is 55.4 Å². The van der Waals surface area contributed by atoms with Crippen LogP contribution in [0.25, 0.3) is 0 Å². The van der Waals surface area contributed by atoms with Crippen LogP contribution in [0.5, 0.6) is 0 Å². The number of ketones is 1. The third kappa shape index (κ3) is 17.0. The van der Waals surface area contributed by atoms with E-state index in [1.807, 2.05) is 20.8 Å². The van der Waals surface area contributed by atoms with Crippen LogP contribution in [-0.2, 0) is 9.53 Å². The van der Waals surface area contributed by atoms with Crippen LogP contribution in [0.1, 0.15) is 91.9 Å². The molecule has 0 aromatic rings. The summed E-state index contributed by atoms with van der Waals surface area (Å²) in [6.07, 6.45) is 11.1. The molecule has 0 bridgehead atoms. The average molecular weight is 313 g/mol. The Morgan fingerprint density at radius 3 is 1.73 bits per heavy atom. The maximum Gasteiger partial charge on any atom is 0.407 e. The number of rotatable bonds is 12. The number of Topliss-reactive ketones (excluding diaryl/α,β-unsaturated/α-hetero) is 1. The lowest BCUT2D eigenvalue weighted by Gasteiger charge is -2.19. The molecule has 0 aromatic carbocycles. The van der Waals surface area contributed by atoms with Gasteiger partial charge in [-0.2, -0.15) is 0 Å². The van der Waals surface area contributed by atoms with Crippen molar-refractivity contribution >= 4 is 11.9 Å². The van der Waals surface area contributed by atoms with E-state index in [1.165, 1.54) is 38.5 Å². The highest BCUT2D eigenvalue weighted by molar-refractivity contribution is 5.75. The molecule has 0 fully saturated rings. The van der Waals surface area contributed by atoms with Crippen LogP contribution in [0.2, 0.25) is 0 Å². The molecular formula is C18H35NO3. The van der Waals surface area contributed by atoms with Gasteiger partial charge in [0.25, 0.3) is 0 Å². The predicted molar refractivity (Wildman–Crippen MR) is 91.1 cm³/mol. The van der Waals surface area contributed by atoms with Gasteiger partial charge in [-0.15, -0.1) is 0 Å². The van der Waals surface area contributed by atoms with E-state index in [0.29, 0.717) is 12.3 Å². The minimum atomic E-state index is -0.422. The first-order chi connectivity index (χ1) is 10.3. The Labute approximate surface area is 136 Å². The Kier molecular flexibility index (Phi) is 11.9. The van der Waals surface area contributed by atoms with Crippen LogP contribution in [-0.4, -0.2) is 24.0 Å². The molecular weight excluding hydrogens is 278 g/mol. The Bertz CT molecular complexity index is 308. The molecule has 0 saturated carbocycles. The van der Waals surface area contributed by atoms with E-state index in [0.717, 1.165) is 25.7 Å². The molecule has 0 atom stereocenters. The molecule has 130 valence electrons. The molecule has 1 amide bonds. The minimum Gasteiger partial charge on any atom is -0.444 e. The van der Waals surface area contributed by atoms with E-state index in [1.54, 1.807) is 6.92 Å². The lowest BCUT2D eigenvalue weighted by atomic mass is 10.1. The second-order valence-electron chi connectivity index (χ2n) is 7.06. The Balaban J connectivity index is 3.21. The second-order valence-corrected chi connectivity index (χ2v) is 7.06. The monoisotopic (exact) mass is 313 g/mol. The molecule has 0 unspecified atom stereocenters. The maximum atomic E-state index is 11.4. The highest BCUT2D eigenvalue weighted by Gasteiger charge is 2.15. The Morgan fingerprint density at radius 2 is 1.27 bits per heavy atom. The van der Waals surface area contributed by atoms with E-state index >= 15 is 0 Å². The summed E-state index contributed by atoms with van der Waals surface area (Å²) < 4.78 is 5.17. The van der Waals surface area contributed by atoms with Gasteiger partial charge in [0.1, 0.15) is 11.4 Å². The van der Waals surface area contributed by atoms with Gasteiger partial charge in [-0.05, 0) is 40.5 Å². The number of hydrogen-bond acceptors (Lipinski definition) is 3. The number of alkyl carbamates (subject to hydrolysis) is 1. The summed E-state index contributed by atoms with van der Waals surface area (Å²) in [6.45, 7) is 7.96. The normalized spacial score (nSPS) is 11.3. The van der Waals surface area contributed by atoms with Crippen molar-refractivity contribution in [3.05, 3.63) is 0 Å². The molecule has 0 aliphatic heterocycles. The lowest BCUT2D eigenvalue weighted by Crippen LogP contribution is -2.32. The third-order valence-corrected chi connectivity index (χ3v) is 3.37. The van der Waals surface area contributed by atoms with Crippen LogP contribution in [0.15, 0.2) is 0 Å². The zero-order valence-corrected chi connectivity index (χ0v) is 15.0.